The molecule has 2 unspecified atom stereocenters. The monoisotopic (exact) mass is 383 g/mol. The average molecular weight is 383 g/mol. The summed E-state index contributed by atoms with van der Waals surface area (Å²) in [4.78, 5) is 37.1. The molecule has 9 nitrogen and oxygen atoms in total. The van der Waals surface area contributed by atoms with Gasteiger partial charge in [-0.15, -0.1) is 0 Å². The summed E-state index contributed by atoms with van der Waals surface area (Å²) >= 11 is 0. The lowest BCUT2D eigenvalue weighted by Gasteiger charge is -2.29. The number of benzene rings is 1. The maximum atomic E-state index is 12.4. The first-order chi connectivity index (χ1) is 12.0. The Bertz CT molecular complexity index is 842. The van der Waals surface area contributed by atoms with Crippen LogP contribution in [0.5, 0.6) is 0 Å². The van der Waals surface area contributed by atoms with Crippen LogP contribution < -0.4 is 11.1 Å². The standard InChI is InChI=1S/C15H17N3O3.CH4O3S/c1-8(16)9-2-3-11-10(6-9)7-18(15(11)21)12-4-5-13(19)17-14(12)20;1-5(2,3)4/h2-3,6,8,12H,4-5,7,16H2,1H3,(H,17,19,20);1H3,(H,2,3,4). The van der Waals surface area contributed by atoms with E-state index in [2.05, 4.69) is 5.32 Å². The number of carbonyl (C=O) groups is 3. The molecule has 2 aliphatic rings. The molecule has 3 rings (SSSR count). The molecule has 0 radical (unpaired) electrons. The molecule has 0 spiro atoms. The Kier molecular flexibility index (Phi) is 5.79. The van der Waals surface area contributed by atoms with Crippen LogP contribution in [0.4, 0.5) is 0 Å². The number of hydrogen-bond donors (Lipinski definition) is 3. The molecule has 2 heterocycles. The number of amides is 3. The molecule has 4 N–H and O–H groups in total. The average Bonchev–Trinajstić information content (AvgIpc) is 2.82. The largest absolute Gasteiger partial charge is 0.324 e. The third kappa shape index (κ3) is 4.87. The van der Waals surface area contributed by atoms with Crippen molar-refractivity contribution in [3.05, 3.63) is 34.9 Å². The number of imide groups is 1. The molecule has 2 aliphatic heterocycles. The van der Waals surface area contributed by atoms with E-state index in [0.717, 1.165) is 11.1 Å². The van der Waals surface area contributed by atoms with Crippen molar-refractivity contribution in [3.8, 4) is 0 Å². The third-order valence-electron chi connectivity index (χ3n) is 4.07. The molecule has 142 valence electrons. The molecular formula is C16H21N3O6S. The van der Waals surface area contributed by atoms with Crippen LogP contribution in [-0.2, 0) is 26.3 Å². The fourth-order valence-corrected chi connectivity index (χ4v) is 2.88. The molecule has 2 atom stereocenters. The topological polar surface area (TPSA) is 147 Å². The van der Waals surface area contributed by atoms with E-state index in [4.69, 9.17) is 10.3 Å². The van der Waals surface area contributed by atoms with Gasteiger partial charge in [-0.3, -0.25) is 24.3 Å². The van der Waals surface area contributed by atoms with Crippen LogP contribution in [0.3, 0.4) is 0 Å². The summed E-state index contributed by atoms with van der Waals surface area (Å²) in [7, 11) is -3.67. The zero-order chi connectivity index (χ0) is 19.6. The van der Waals surface area contributed by atoms with E-state index in [9.17, 15) is 22.8 Å². The number of carbonyl (C=O) groups excluding carboxylic acids is 3. The summed E-state index contributed by atoms with van der Waals surface area (Å²) in [5.41, 5.74) is 8.32. The van der Waals surface area contributed by atoms with Gasteiger partial charge in [0, 0.05) is 24.6 Å². The van der Waals surface area contributed by atoms with Crippen molar-refractivity contribution in [3.63, 3.8) is 0 Å². The van der Waals surface area contributed by atoms with E-state index in [0.29, 0.717) is 24.8 Å². The maximum absolute atomic E-state index is 12.4. The second kappa shape index (κ2) is 7.52. The summed E-state index contributed by atoms with van der Waals surface area (Å²) in [6, 6.07) is 4.86. The summed E-state index contributed by atoms with van der Waals surface area (Å²) in [5, 5.41) is 2.29. The van der Waals surface area contributed by atoms with Gasteiger partial charge in [0.25, 0.3) is 16.0 Å². The highest BCUT2D eigenvalue weighted by molar-refractivity contribution is 7.85. The van der Waals surface area contributed by atoms with Crippen LogP contribution >= 0.6 is 0 Å². The van der Waals surface area contributed by atoms with E-state index in [1.54, 1.807) is 6.07 Å². The normalized spacial score (nSPS) is 20.8. The predicted molar refractivity (Wildman–Crippen MR) is 92.6 cm³/mol. The molecule has 0 aliphatic carbocycles. The highest BCUT2D eigenvalue weighted by Gasteiger charge is 2.39. The number of nitrogens with one attached hydrogen (secondary N) is 1. The Balaban J connectivity index is 0.000000431. The first-order valence-electron chi connectivity index (χ1n) is 7.93. The lowest BCUT2D eigenvalue weighted by atomic mass is 10.0. The fraction of sp³-hybridized carbons (Fsp3) is 0.438. The van der Waals surface area contributed by atoms with Crippen LogP contribution in [0, 0.1) is 0 Å². The summed E-state index contributed by atoms with van der Waals surface area (Å²) in [6.07, 6.45) is 1.36. The van der Waals surface area contributed by atoms with Crippen molar-refractivity contribution >= 4 is 27.8 Å². The van der Waals surface area contributed by atoms with E-state index in [1.807, 2.05) is 19.1 Å². The van der Waals surface area contributed by atoms with Gasteiger partial charge in [-0.25, -0.2) is 0 Å². The maximum Gasteiger partial charge on any atom is 0.261 e. The van der Waals surface area contributed by atoms with Gasteiger partial charge in [-0.2, -0.15) is 8.42 Å². The van der Waals surface area contributed by atoms with Crippen LogP contribution in [0.1, 0.15) is 47.3 Å². The van der Waals surface area contributed by atoms with Crippen molar-refractivity contribution in [2.75, 3.05) is 6.26 Å². The smallest absolute Gasteiger partial charge is 0.261 e. The number of piperidine rings is 1. The SMILES string of the molecule is CC(N)c1ccc2c(c1)CN(C1CCC(=O)NC1=O)C2=O.CS(=O)(=O)O. The molecular weight excluding hydrogens is 362 g/mol. The molecule has 0 saturated carbocycles. The van der Waals surface area contributed by atoms with Gasteiger partial charge in [-0.05, 0) is 30.5 Å². The van der Waals surface area contributed by atoms with Gasteiger partial charge < -0.3 is 10.6 Å². The third-order valence-corrected chi connectivity index (χ3v) is 4.07. The van der Waals surface area contributed by atoms with Gasteiger partial charge in [0.05, 0.1) is 6.26 Å². The molecule has 1 aromatic carbocycles. The molecule has 0 bridgehead atoms. The van der Waals surface area contributed by atoms with Crippen molar-refractivity contribution < 1.29 is 27.4 Å². The van der Waals surface area contributed by atoms with Crippen LogP contribution in [0.2, 0.25) is 0 Å². The number of rotatable bonds is 2. The van der Waals surface area contributed by atoms with E-state index < -0.39 is 16.2 Å². The zero-order valence-corrected chi connectivity index (χ0v) is 15.2. The van der Waals surface area contributed by atoms with Gasteiger partial charge in [-0.1, -0.05) is 12.1 Å². The van der Waals surface area contributed by atoms with Crippen LogP contribution in [-0.4, -0.2) is 47.9 Å². The molecule has 3 amide bonds. The van der Waals surface area contributed by atoms with Crippen molar-refractivity contribution in [1.82, 2.24) is 10.2 Å². The van der Waals surface area contributed by atoms with Crippen molar-refractivity contribution in [1.29, 1.82) is 0 Å². The summed E-state index contributed by atoms with van der Waals surface area (Å²) < 4.78 is 25.9. The van der Waals surface area contributed by atoms with Crippen LogP contribution in [0.15, 0.2) is 18.2 Å². The number of fused-ring (bicyclic) bond motifs is 1. The molecule has 1 fully saturated rings. The van der Waals surface area contributed by atoms with Gasteiger partial charge >= 0.3 is 0 Å². The Morgan fingerprint density at radius 3 is 2.46 bits per heavy atom. The summed E-state index contributed by atoms with van der Waals surface area (Å²) in [6.45, 7) is 2.28. The van der Waals surface area contributed by atoms with E-state index in [-0.39, 0.29) is 30.2 Å². The quantitative estimate of drug-likeness (QED) is 0.480. The van der Waals surface area contributed by atoms with Crippen LogP contribution in [0.25, 0.3) is 0 Å². The highest BCUT2D eigenvalue weighted by atomic mass is 32.2. The minimum absolute atomic E-state index is 0.102. The zero-order valence-electron chi connectivity index (χ0n) is 14.4. The first kappa shape index (κ1) is 20.0. The van der Waals surface area contributed by atoms with Gasteiger partial charge in [0.2, 0.25) is 11.8 Å². The fourth-order valence-electron chi connectivity index (χ4n) is 2.88. The molecule has 1 saturated heterocycles. The lowest BCUT2D eigenvalue weighted by molar-refractivity contribution is -0.136. The second-order valence-electron chi connectivity index (χ2n) is 6.34. The minimum Gasteiger partial charge on any atom is -0.324 e. The molecule has 0 aromatic heterocycles. The minimum atomic E-state index is -3.67. The Hall–Kier alpha value is -2.30. The number of hydrogen-bond acceptors (Lipinski definition) is 6. The predicted octanol–water partition coefficient (Wildman–Crippen LogP) is -0.0287. The van der Waals surface area contributed by atoms with Crippen molar-refractivity contribution in [2.24, 2.45) is 5.73 Å². The van der Waals surface area contributed by atoms with Crippen molar-refractivity contribution in [2.45, 2.75) is 38.4 Å². The lowest BCUT2D eigenvalue weighted by Crippen LogP contribution is -2.52. The Morgan fingerprint density at radius 2 is 1.92 bits per heavy atom. The highest BCUT2D eigenvalue weighted by Crippen LogP contribution is 2.29. The number of nitrogens with two attached hydrogens (primary N) is 1. The van der Waals surface area contributed by atoms with Gasteiger partial charge in [0.1, 0.15) is 6.04 Å². The first-order valence-corrected chi connectivity index (χ1v) is 9.77. The summed E-state index contributed by atoms with van der Waals surface area (Å²) in [5.74, 6) is -0.824. The van der Waals surface area contributed by atoms with E-state index >= 15 is 0 Å². The molecule has 1 aromatic rings. The molecule has 26 heavy (non-hydrogen) atoms. The van der Waals surface area contributed by atoms with Gasteiger partial charge in [0.15, 0.2) is 0 Å². The second-order valence-corrected chi connectivity index (χ2v) is 7.80. The Labute approximate surface area is 151 Å². The number of nitrogens with zero attached hydrogens (tertiary/aromatic N) is 1. The Morgan fingerprint density at radius 1 is 1.31 bits per heavy atom. The molecule has 10 heteroatoms. The van der Waals surface area contributed by atoms with E-state index in [1.165, 1.54) is 4.90 Å².